The average Bonchev–Trinajstić information content (AvgIpc) is 2.26. The number of rotatable bonds is 4. The quantitative estimate of drug-likeness (QED) is 0.750. The summed E-state index contributed by atoms with van der Waals surface area (Å²) in [6.45, 7) is 3.13. The Balaban J connectivity index is 1.91. The van der Waals surface area contributed by atoms with Gasteiger partial charge in [-0.3, -0.25) is 4.79 Å². The number of carbonyl (C=O) groups excluding carboxylic acids is 1. The van der Waals surface area contributed by atoms with Crippen LogP contribution < -0.4 is 4.90 Å². The van der Waals surface area contributed by atoms with E-state index in [2.05, 4.69) is 0 Å². The Kier molecular flexibility index (Phi) is 3.61. The standard InChI is InChI=1S/C13H16FNO2/c1-2-17-13(16)7-10-3-5-12(6-4-10)15-8-11(14)9-15/h3-6,11H,2,7-9H2,1H3. The highest BCUT2D eigenvalue weighted by molar-refractivity contribution is 5.72. The number of alkyl halides is 1. The lowest BCUT2D eigenvalue weighted by molar-refractivity contribution is -0.142. The third kappa shape index (κ3) is 2.96. The van der Waals surface area contributed by atoms with Crippen molar-refractivity contribution in [3.05, 3.63) is 29.8 Å². The molecular weight excluding hydrogens is 221 g/mol. The van der Waals surface area contributed by atoms with Crippen LogP contribution >= 0.6 is 0 Å². The summed E-state index contributed by atoms with van der Waals surface area (Å²) in [5, 5.41) is 0. The highest BCUT2D eigenvalue weighted by atomic mass is 19.1. The van der Waals surface area contributed by atoms with Crippen LogP contribution in [0.2, 0.25) is 0 Å². The third-order valence-corrected chi connectivity index (χ3v) is 2.79. The van der Waals surface area contributed by atoms with Crippen molar-refractivity contribution in [2.75, 3.05) is 24.6 Å². The Labute approximate surface area is 100 Å². The van der Waals surface area contributed by atoms with Crippen LogP contribution in [-0.4, -0.2) is 31.8 Å². The van der Waals surface area contributed by atoms with Crippen LogP contribution in [0.15, 0.2) is 24.3 Å². The van der Waals surface area contributed by atoms with Crippen molar-refractivity contribution >= 4 is 11.7 Å². The van der Waals surface area contributed by atoms with Gasteiger partial charge < -0.3 is 9.64 Å². The van der Waals surface area contributed by atoms with Gasteiger partial charge in [-0.05, 0) is 24.6 Å². The molecule has 1 aliphatic rings. The molecule has 0 amide bonds. The van der Waals surface area contributed by atoms with E-state index in [9.17, 15) is 9.18 Å². The van der Waals surface area contributed by atoms with Gasteiger partial charge in [-0.1, -0.05) is 12.1 Å². The maximum atomic E-state index is 12.7. The zero-order valence-electron chi connectivity index (χ0n) is 9.86. The fraction of sp³-hybridized carbons (Fsp3) is 0.462. The number of anilines is 1. The Bertz CT molecular complexity index is 385. The molecule has 0 spiro atoms. The molecule has 17 heavy (non-hydrogen) atoms. The molecule has 92 valence electrons. The fourth-order valence-corrected chi connectivity index (χ4v) is 1.84. The smallest absolute Gasteiger partial charge is 0.310 e. The first-order valence-corrected chi connectivity index (χ1v) is 5.82. The van der Waals surface area contributed by atoms with Crippen molar-refractivity contribution in [2.45, 2.75) is 19.5 Å². The van der Waals surface area contributed by atoms with E-state index in [1.807, 2.05) is 29.2 Å². The predicted octanol–water partition coefficient (Wildman–Crippen LogP) is 1.95. The van der Waals surface area contributed by atoms with Crippen molar-refractivity contribution in [2.24, 2.45) is 0 Å². The van der Waals surface area contributed by atoms with E-state index in [1.54, 1.807) is 6.92 Å². The van der Waals surface area contributed by atoms with Gasteiger partial charge >= 0.3 is 5.97 Å². The molecule has 0 saturated carbocycles. The minimum absolute atomic E-state index is 0.215. The molecule has 0 radical (unpaired) electrons. The van der Waals surface area contributed by atoms with Gasteiger partial charge in [-0.15, -0.1) is 0 Å². The first-order valence-electron chi connectivity index (χ1n) is 5.82. The van der Waals surface area contributed by atoms with E-state index in [4.69, 9.17) is 4.74 Å². The van der Waals surface area contributed by atoms with Gasteiger partial charge in [0.05, 0.1) is 26.1 Å². The molecular formula is C13H16FNO2. The lowest BCUT2D eigenvalue weighted by atomic mass is 10.1. The molecule has 0 bridgehead atoms. The maximum absolute atomic E-state index is 12.7. The lowest BCUT2D eigenvalue weighted by Gasteiger charge is -2.36. The highest BCUT2D eigenvalue weighted by Crippen LogP contribution is 2.22. The number of halogens is 1. The molecule has 0 aromatic heterocycles. The number of esters is 1. The van der Waals surface area contributed by atoms with Crippen LogP contribution in [0.1, 0.15) is 12.5 Å². The molecule has 1 fully saturated rings. The van der Waals surface area contributed by atoms with E-state index in [1.165, 1.54) is 0 Å². The van der Waals surface area contributed by atoms with Crippen LogP contribution in [0, 0.1) is 0 Å². The van der Waals surface area contributed by atoms with Crippen LogP contribution in [0.4, 0.5) is 10.1 Å². The number of nitrogens with zero attached hydrogens (tertiary/aromatic N) is 1. The number of carbonyl (C=O) groups is 1. The van der Waals surface area contributed by atoms with Gasteiger partial charge in [0.1, 0.15) is 6.17 Å². The van der Waals surface area contributed by atoms with Gasteiger partial charge in [-0.25, -0.2) is 4.39 Å². The van der Waals surface area contributed by atoms with Crippen molar-refractivity contribution < 1.29 is 13.9 Å². The number of benzene rings is 1. The monoisotopic (exact) mass is 237 g/mol. The van der Waals surface area contributed by atoms with E-state index >= 15 is 0 Å². The van der Waals surface area contributed by atoms with E-state index in [0.29, 0.717) is 26.1 Å². The summed E-state index contributed by atoms with van der Waals surface area (Å²) >= 11 is 0. The minimum Gasteiger partial charge on any atom is -0.466 e. The number of ether oxygens (including phenoxy) is 1. The Hall–Kier alpha value is -1.58. The number of hydrogen-bond donors (Lipinski definition) is 0. The summed E-state index contributed by atoms with van der Waals surface area (Å²) in [5.41, 5.74) is 1.93. The molecule has 1 aromatic carbocycles. The first-order chi connectivity index (χ1) is 8.19. The second-order valence-electron chi connectivity index (χ2n) is 4.15. The molecule has 3 nitrogen and oxygen atoms in total. The SMILES string of the molecule is CCOC(=O)Cc1ccc(N2CC(F)C2)cc1. The van der Waals surface area contributed by atoms with E-state index in [-0.39, 0.29) is 5.97 Å². The zero-order chi connectivity index (χ0) is 12.3. The normalized spacial score (nSPS) is 15.5. The Morgan fingerprint density at radius 2 is 2.06 bits per heavy atom. The van der Waals surface area contributed by atoms with E-state index < -0.39 is 6.17 Å². The summed E-state index contributed by atoms with van der Waals surface area (Å²) < 4.78 is 17.6. The van der Waals surface area contributed by atoms with Crippen molar-refractivity contribution in [3.63, 3.8) is 0 Å². The highest BCUT2D eigenvalue weighted by Gasteiger charge is 2.25. The molecule has 0 atom stereocenters. The van der Waals surface area contributed by atoms with Crippen LogP contribution in [0.25, 0.3) is 0 Å². The fourth-order valence-electron chi connectivity index (χ4n) is 1.84. The molecule has 1 aliphatic heterocycles. The molecule has 0 unspecified atom stereocenters. The molecule has 0 N–H and O–H groups in total. The summed E-state index contributed by atoms with van der Waals surface area (Å²) in [6, 6.07) is 7.61. The first kappa shape index (κ1) is 11.9. The van der Waals surface area contributed by atoms with Gasteiger partial charge in [0, 0.05) is 5.69 Å². The van der Waals surface area contributed by atoms with Gasteiger partial charge in [0.2, 0.25) is 0 Å². The molecule has 1 saturated heterocycles. The summed E-state index contributed by atoms with van der Waals surface area (Å²) in [4.78, 5) is 13.2. The van der Waals surface area contributed by atoms with Gasteiger partial charge in [0.15, 0.2) is 0 Å². The maximum Gasteiger partial charge on any atom is 0.310 e. The molecule has 0 aliphatic carbocycles. The van der Waals surface area contributed by atoms with E-state index in [0.717, 1.165) is 11.3 Å². The molecule has 1 aromatic rings. The topological polar surface area (TPSA) is 29.5 Å². The lowest BCUT2D eigenvalue weighted by Crippen LogP contribution is -2.48. The summed E-state index contributed by atoms with van der Waals surface area (Å²) in [5.74, 6) is -0.215. The second kappa shape index (κ2) is 5.17. The van der Waals surface area contributed by atoms with Crippen LogP contribution in [-0.2, 0) is 16.0 Å². The number of hydrogen-bond acceptors (Lipinski definition) is 3. The zero-order valence-corrected chi connectivity index (χ0v) is 9.86. The Morgan fingerprint density at radius 3 is 2.59 bits per heavy atom. The average molecular weight is 237 g/mol. The predicted molar refractivity (Wildman–Crippen MR) is 63.9 cm³/mol. The summed E-state index contributed by atoms with van der Waals surface area (Å²) in [6.07, 6.45) is -0.408. The van der Waals surface area contributed by atoms with Crippen molar-refractivity contribution in [3.8, 4) is 0 Å². The largest absolute Gasteiger partial charge is 0.466 e. The minimum atomic E-state index is -0.700. The van der Waals surface area contributed by atoms with Crippen molar-refractivity contribution in [1.29, 1.82) is 0 Å². The molecule has 2 rings (SSSR count). The van der Waals surface area contributed by atoms with Gasteiger partial charge in [0.25, 0.3) is 0 Å². The summed E-state index contributed by atoms with van der Waals surface area (Å²) in [7, 11) is 0. The Morgan fingerprint density at radius 1 is 1.41 bits per heavy atom. The van der Waals surface area contributed by atoms with Crippen LogP contribution in [0.3, 0.4) is 0 Å². The van der Waals surface area contributed by atoms with Crippen LogP contribution in [0.5, 0.6) is 0 Å². The molecule has 1 heterocycles. The van der Waals surface area contributed by atoms with Crippen molar-refractivity contribution in [1.82, 2.24) is 0 Å². The van der Waals surface area contributed by atoms with Gasteiger partial charge in [-0.2, -0.15) is 0 Å². The second-order valence-corrected chi connectivity index (χ2v) is 4.15. The molecule has 4 heteroatoms. The third-order valence-electron chi connectivity index (χ3n) is 2.79.